The molecular formula is C15H21NO2. The Bertz CT molecular complexity index is 444. The maximum atomic E-state index is 12.2. The van der Waals surface area contributed by atoms with Crippen molar-refractivity contribution >= 4 is 11.6 Å². The van der Waals surface area contributed by atoms with E-state index in [0.717, 1.165) is 24.3 Å². The van der Waals surface area contributed by atoms with Gasteiger partial charge in [0.2, 0.25) is 5.91 Å². The summed E-state index contributed by atoms with van der Waals surface area (Å²) in [5.41, 5.74) is 1.62. The van der Waals surface area contributed by atoms with Crippen molar-refractivity contribution in [3.63, 3.8) is 0 Å². The van der Waals surface area contributed by atoms with Gasteiger partial charge in [0.05, 0.1) is 12.0 Å². The van der Waals surface area contributed by atoms with Crippen LogP contribution in [-0.2, 0) is 14.9 Å². The molecule has 1 spiro atoms. The van der Waals surface area contributed by atoms with Crippen LogP contribution >= 0.6 is 0 Å². The van der Waals surface area contributed by atoms with Gasteiger partial charge in [0, 0.05) is 12.3 Å². The topological polar surface area (TPSA) is 38.3 Å². The predicted molar refractivity (Wildman–Crippen MR) is 72.7 cm³/mol. The van der Waals surface area contributed by atoms with Crippen LogP contribution in [0.1, 0.15) is 32.8 Å². The van der Waals surface area contributed by atoms with E-state index in [-0.39, 0.29) is 5.91 Å². The van der Waals surface area contributed by atoms with E-state index in [0.29, 0.717) is 12.5 Å². The van der Waals surface area contributed by atoms with Gasteiger partial charge in [-0.05, 0) is 24.0 Å². The molecular weight excluding hydrogens is 226 g/mol. The highest BCUT2D eigenvalue weighted by Gasteiger charge is 2.49. The molecule has 0 saturated carbocycles. The molecule has 3 nitrogen and oxygen atoms in total. The lowest BCUT2D eigenvalue weighted by molar-refractivity contribution is -0.127. The van der Waals surface area contributed by atoms with Crippen LogP contribution in [0.2, 0.25) is 0 Å². The third-order valence-electron chi connectivity index (χ3n) is 3.57. The molecule has 2 unspecified atom stereocenters. The van der Waals surface area contributed by atoms with Gasteiger partial charge in [-0.2, -0.15) is 0 Å². The Kier molecular flexibility index (Phi) is 3.71. The van der Waals surface area contributed by atoms with Crippen molar-refractivity contribution < 1.29 is 9.53 Å². The smallest absolute Gasteiger partial charge is 0.237 e. The van der Waals surface area contributed by atoms with Crippen LogP contribution in [0, 0.1) is 5.92 Å². The first kappa shape index (κ1) is 13.1. The third kappa shape index (κ3) is 1.93. The van der Waals surface area contributed by atoms with E-state index in [9.17, 15) is 4.79 Å². The summed E-state index contributed by atoms with van der Waals surface area (Å²) in [5, 5.41) is 2.96. The van der Waals surface area contributed by atoms with Gasteiger partial charge in [0.15, 0.2) is 0 Å². The molecule has 2 atom stereocenters. The first-order valence-electron chi connectivity index (χ1n) is 6.71. The van der Waals surface area contributed by atoms with Crippen LogP contribution in [0.3, 0.4) is 0 Å². The van der Waals surface area contributed by atoms with Gasteiger partial charge in [0.1, 0.15) is 0 Å². The van der Waals surface area contributed by atoms with Gasteiger partial charge in [-0.3, -0.25) is 4.79 Å². The largest absolute Gasteiger partial charge is 0.380 e. The van der Waals surface area contributed by atoms with Crippen LogP contribution < -0.4 is 5.32 Å². The zero-order valence-electron chi connectivity index (χ0n) is 11.3. The van der Waals surface area contributed by atoms with E-state index in [1.165, 1.54) is 0 Å². The fraction of sp³-hybridized carbons (Fsp3) is 0.533. The normalized spacial score (nSPS) is 29.3. The molecule has 0 bridgehead atoms. The number of benzene rings is 1. The fourth-order valence-corrected chi connectivity index (χ4v) is 2.87. The number of amides is 1. The molecule has 2 aliphatic heterocycles. The second-order valence-corrected chi connectivity index (χ2v) is 4.91. The number of carbonyl (C=O) groups excluding carboxylic acids is 1. The number of fused-ring (bicyclic) bond motifs is 2. The summed E-state index contributed by atoms with van der Waals surface area (Å²) in [7, 11) is 0. The van der Waals surface area contributed by atoms with E-state index in [1.807, 2.05) is 38.1 Å². The second kappa shape index (κ2) is 5.11. The van der Waals surface area contributed by atoms with E-state index >= 15 is 0 Å². The van der Waals surface area contributed by atoms with Gasteiger partial charge in [0.25, 0.3) is 0 Å². The Morgan fingerprint density at radius 2 is 2.06 bits per heavy atom. The summed E-state index contributed by atoms with van der Waals surface area (Å²) in [6.45, 7) is 7.41. The highest BCUT2D eigenvalue weighted by Crippen LogP contribution is 2.44. The zero-order chi connectivity index (χ0) is 13.2. The Hall–Kier alpha value is -1.35. The molecule has 18 heavy (non-hydrogen) atoms. The molecule has 1 aromatic carbocycles. The quantitative estimate of drug-likeness (QED) is 0.765. The number of anilines is 1. The minimum absolute atomic E-state index is 0.0975. The molecule has 1 amide bonds. The summed E-state index contributed by atoms with van der Waals surface area (Å²) >= 11 is 0. The molecule has 2 aliphatic rings. The van der Waals surface area contributed by atoms with E-state index < -0.39 is 5.41 Å². The predicted octanol–water partition coefficient (Wildman–Crippen LogP) is 2.96. The van der Waals surface area contributed by atoms with E-state index in [4.69, 9.17) is 4.74 Å². The summed E-state index contributed by atoms with van der Waals surface area (Å²) in [5.74, 6) is 0.533. The zero-order valence-corrected chi connectivity index (χ0v) is 11.3. The van der Waals surface area contributed by atoms with Gasteiger partial charge in [-0.25, -0.2) is 0 Å². The highest BCUT2D eigenvalue weighted by atomic mass is 16.5. The maximum Gasteiger partial charge on any atom is 0.237 e. The van der Waals surface area contributed by atoms with Crippen molar-refractivity contribution in [3.8, 4) is 0 Å². The molecule has 0 aromatic heterocycles. The minimum atomic E-state index is -0.436. The van der Waals surface area contributed by atoms with Crippen LogP contribution in [-0.4, -0.2) is 19.1 Å². The van der Waals surface area contributed by atoms with Crippen molar-refractivity contribution in [1.29, 1.82) is 0 Å². The SMILES string of the molecule is CC.CC1COCC2(C1)C(=O)Nc1ccccc12. The van der Waals surface area contributed by atoms with Crippen molar-refractivity contribution in [2.24, 2.45) is 5.92 Å². The van der Waals surface area contributed by atoms with Gasteiger partial charge >= 0.3 is 0 Å². The van der Waals surface area contributed by atoms with Crippen LogP contribution in [0.15, 0.2) is 24.3 Å². The van der Waals surface area contributed by atoms with Crippen LogP contribution in [0.5, 0.6) is 0 Å². The Balaban J connectivity index is 0.000000574. The summed E-state index contributed by atoms with van der Waals surface area (Å²) in [6.07, 6.45) is 0.885. The molecule has 3 rings (SSSR count). The van der Waals surface area contributed by atoms with Gasteiger partial charge in [-0.15, -0.1) is 0 Å². The van der Waals surface area contributed by atoms with Crippen molar-refractivity contribution in [1.82, 2.24) is 0 Å². The molecule has 1 N–H and O–H groups in total. The van der Waals surface area contributed by atoms with Gasteiger partial charge in [-0.1, -0.05) is 39.0 Å². The number of hydrogen-bond acceptors (Lipinski definition) is 2. The minimum Gasteiger partial charge on any atom is -0.380 e. The average Bonchev–Trinajstić information content (AvgIpc) is 2.65. The molecule has 1 fully saturated rings. The Labute approximate surface area is 109 Å². The molecule has 0 aliphatic carbocycles. The van der Waals surface area contributed by atoms with Crippen LogP contribution in [0.25, 0.3) is 0 Å². The third-order valence-corrected chi connectivity index (χ3v) is 3.57. The average molecular weight is 247 g/mol. The number of ether oxygens (including phenoxy) is 1. The standard InChI is InChI=1S/C13H15NO2.C2H6/c1-9-6-13(8-16-7-9)10-4-2-3-5-11(10)14-12(13)15;1-2/h2-5,9H,6-8H2,1H3,(H,14,15);1-2H3. The lowest BCUT2D eigenvalue weighted by atomic mass is 9.74. The molecule has 0 radical (unpaired) electrons. The molecule has 1 aromatic rings. The number of nitrogens with one attached hydrogen (secondary N) is 1. The Morgan fingerprint density at radius 1 is 1.33 bits per heavy atom. The van der Waals surface area contributed by atoms with E-state index in [2.05, 4.69) is 12.2 Å². The Morgan fingerprint density at radius 3 is 2.78 bits per heavy atom. The highest BCUT2D eigenvalue weighted by molar-refractivity contribution is 6.06. The summed E-state index contributed by atoms with van der Waals surface area (Å²) < 4.78 is 5.59. The molecule has 2 heterocycles. The van der Waals surface area contributed by atoms with Crippen molar-refractivity contribution in [3.05, 3.63) is 29.8 Å². The fourth-order valence-electron chi connectivity index (χ4n) is 2.87. The van der Waals surface area contributed by atoms with Crippen LogP contribution in [0.4, 0.5) is 5.69 Å². The second-order valence-electron chi connectivity index (χ2n) is 4.91. The lowest BCUT2D eigenvalue weighted by Crippen LogP contribution is -2.44. The number of rotatable bonds is 0. The summed E-state index contributed by atoms with van der Waals surface area (Å²) in [4.78, 5) is 12.2. The maximum absolute atomic E-state index is 12.2. The van der Waals surface area contributed by atoms with Crippen molar-refractivity contribution in [2.75, 3.05) is 18.5 Å². The molecule has 98 valence electrons. The first-order chi connectivity index (χ1) is 8.72. The molecule has 3 heteroatoms. The van der Waals surface area contributed by atoms with Crippen molar-refractivity contribution in [2.45, 2.75) is 32.6 Å². The number of carbonyl (C=O) groups is 1. The lowest BCUT2D eigenvalue weighted by Gasteiger charge is -2.34. The molecule has 1 saturated heterocycles. The number of hydrogen-bond donors (Lipinski definition) is 1. The monoisotopic (exact) mass is 247 g/mol. The first-order valence-corrected chi connectivity index (χ1v) is 6.71. The van der Waals surface area contributed by atoms with Gasteiger partial charge < -0.3 is 10.1 Å². The number of para-hydroxylation sites is 1. The summed E-state index contributed by atoms with van der Waals surface area (Å²) in [6, 6.07) is 7.93. The van der Waals surface area contributed by atoms with E-state index in [1.54, 1.807) is 0 Å².